The first-order chi connectivity index (χ1) is 13.9. The maximum atomic E-state index is 12.6. The van der Waals surface area contributed by atoms with E-state index in [4.69, 9.17) is 9.47 Å². The van der Waals surface area contributed by atoms with E-state index in [2.05, 4.69) is 4.72 Å². The van der Waals surface area contributed by atoms with Crippen LogP contribution in [-0.4, -0.2) is 40.5 Å². The van der Waals surface area contributed by atoms with Crippen molar-refractivity contribution in [3.63, 3.8) is 0 Å². The van der Waals surface area contributed by atoms with Crippen LogP contribution in [0.3, 0.4) is 0 Å². The monoisotopic (exact) mass is 418 g/mol. The molecule has 0 spiro atoms. The van der Waals surface area contributed by atoms with Crippen molar-refractivity contribution in [1.29, 1.82) is 0 Å². The Bertz CT molecular complexity index is 975. The second-order valence-corrected chi connectivity index (χ2v) is 8.16. The van der Waals surface area contributed by atoms with E-state index in [1.54, 1.807) is 0 Å². The van der Waals surface area contributed by atoms with Gasteiger partial charge in [0.25, 0.3) is 0 Å². The van der Waals surface area contributed by atoms with Crippen LogP contribution in [0, 0.1) is 0 Å². The Balaban J connectivity index is 1.66. The molecule has 2 amide bonds. The van der Waals surface area contributed by atoms with Gasteiger partial charge < -0.3 is 9.47 Å². The van der Waals surface area contributed by atoms with Crippen LogP contribution >= 0.6 is 0 Å². The van der Waals surface area contributed by atoms with Gasteiger partial charge in [0.15, 0.2) is 0 Å². The third-order valence-electron chi connectivity index (χ3n) is 4.40. The molecule has 0 aliphatic carbocycles. The summed E-state index contributed by atoms with van der Waals surface area (Å²) >= 11 is 0. The molecule has 0 aromatic heterocycles. The number of benzene rings is 2. The summed E-state index contributed by atoms with van der Waals surface area (Å²) in [4.78, 5) is 25.0. The second-order valence-electron chi connectivity index (χ2n) is 6.39. The van der Waals surface area contributed by atoms with Gasteiger partial charge in [-0.05, 0) is 23.8 Å². The highest BCUT2D eigenvalue weighted by Crippen LogP contribution is 2.34. The normalized spacial score (nSPS) is 14.4. The first-order valence-corrected chi connectivity index (χ1v) is 10.6. The summed E-state index contributed by atoms with van der Waals surface area (Å²) < 4.78 is 38.3. The zero-order chi connectivity index (χ0) is 20.9. The van der Waals surface area contributed by atoms with Crippen molar-refractivity contribution in [2.45, 2.75) is 24.3 Å². The first-order valence-electron chi connectivity index (χ1n) is 9.07. The van der Waals surface area contributed by atoms with Gasteiger partial charge in [-0.3, -0.25) is 9.59 Å². The highest BCUT2D eigenvalue weighted by molar-refractivity contribution is 7.89. The summed E-state index contributed by atoms with van der Waals surface area (Å²) in [6.45, 7) is 0.659. The molecule has 0 radical (unpaired) electrons. The lowest BCUT2D eigenvalue weighted by Crippen LogP contribution is -2.30. The summed E-state index contributed by atoms with van der Waals surface area (Å²) in [5, 5.41) is 0. The third kappa shape index (κ3) is 5.00. The molecule has 1 saturated heterocycles. The van der Waals surface area contributed by atoms with E-state index >= 15 is 0 Å². The summed E-state index contributed by atoms with van der Waals surface area (Å²) in [5.41, 5.74) is 1.12. The van der Waals surface area contributed by atoms with Crippen molar-refractivity contribution >= 4 is 27.5 Å². The van der Waals surface area contributed by atoms with E-state index < -0.39 is 10.0 Å². The van der Waals surface area contributed by atoms with E-state index in [9.17, 15) is 18.0 Å². The topological polar surface area (TPSA) is 102 Å². The molecule has 9 heteroatoms. The molecule has 0 atom stereocenters. The number of methoxy groups -OCH3 is 1. The number of sulfonamides is 1. The third-order valence-corrected chi connectivity index (χ3v) is 5.86. The fourth-order valence-corrected chi connectivity index (χ4v) is 3.99. The standard InChI is InChI=1S/C20H22N2O6S/c1-27-18-8-7-16(13-17(18)22-19(23)9-10-20(22)24)29(25,26)21-11-12-28-14-15-5-3-2-4-6-15/h2-8,13,21H,9-12,14H2,1H3. The number of nitrogens with zero attached hydrogens (tertiary/aromatic N) is 1. The Hall–Kier alpha value is -2.75. The lowest BCUT2D eigenvalue weighted by Gasteiger charge is -2.18. The average molecular weight is 418 g/mol. The molecule has 2 aromatic carbocycles. The van der Waals surface area contributed by atoms with Gasteiger partial charge in [-0.2, -0.15) is 0 Å². The number of nitrogens with one attached hydrogen (secondary N) is 1. The number of hydrogen-bond acceptors (Lipinski definition) is 6. The van der Waals surface area contributed by atoms with Crippen molar-refractivity contribution in [3.05, 3.63) is 54.1 Å². The van der Waals surface area contributed by atoms with Crippen LogP contribution in [0.2, 0.25) is 0 Å². The Labute approximate surface area is 169 Å². The summed E-state index contributed by atoms with van der Waals surface area (Å²) in [7, 11) is -2.46. The van der Waals surface area contributed by atoms with Crippen molar-refractivity contribution < 1.29 is 27.5 Å². The molecule has 0 saturated carbocycles. The van der Waals surface area contributed by atoms with E-state index in [0.717, 1.165) is 10.5 Å². The molecular weight excluding hydrogens is 396 g/mol. The lowest BCUT2D eigenvalue weighted by atomic mass is 10.2. The Morgan fingerprint density at radius 3 is 2.38 bits per heavy atom. The van der Waals surface area contributed by atoms with Crippen LogP contribution in [-0.2, 0) is 31.0 Å². The first kappa shape index (κ1) is 21.0. The number of imide groups is 1. The minimum absolute atomic E-state index is 0.0659. The van der Waals surface area contributed by atoms with Crippen LogP contribution in [0.4, 0.5) is 5.69 Å². The number of carbonyl (C=O) groups excluding carboxylic acids is 2. The average Bonchev–Trinajstić information content (AvgIpc) is 3.06. The lowest BCUT2D eigenvalue weighted by molar-refractivity contribution is -0.121. The molecule has 3 rings (SSSR count). The summed E-state index contributed by atoms with van der Waals surface area (Å²) in [6.07, 6.45) is 0.186. The molecule has 1 heterocycles. The van der Waals surface area contributed by atoms with Crippen molar-refractivity contribution in [3.8, 4) is 5.75 Å². The molecule has 0 unspecified atom stereocenters. The number of rotatable bonds is 9. The Morgan fingerprint density at radius 1 is 1.03 bits per heavy atom. The van der Waals surface area contributed by atoms with Gasteiger partial charge >= 0.3 is 0 Å². The van der Waals surface area contributed by atoms with Crippen LogP contribution in [0.15, 0.2) is 53.4 Å². The van der Waals surface area contributed by atoms with Gasteiger partial charge in [0.1, 0.15) is 5.75 Å². The fraction of sp³-hybridized carbons (Fsp3) is 0.300. The van der Waals surface area contributed by atoms with Crippen LogP contribution in [0.1, 0.15) is 18.4 Å². The molecule has 1 fully saturated rings. The Morgan fingerprint density at radius 2 is 1.72 bits per heavy atom. The van der Waals surface area contributed by atoms with E-state index in [0.29, 0.717) is 6.61 Å². The van der Waals surface area contributed by atoms with Gasteiger partial charge in [-0.1, -0.05) is 30.3 Å². The molecular formula is C20H22N2O6S. The van der Waals surface area contributed by atoms with Crippen LogP contribution in [0.25, 0.3) is 0 Å². The molecule has 8 nitrogen and oxygen atoms in total. The van der Waals surface area contributed by atoms with Gasteiger partial charge in [-0.15, -0.1) is 0 Å². The van der Waals surface area contributed by atoms with E-state index in [-0.39, 0.29) is 54.1 Å². The van der Waals surface area contributed by atoms with Crippen LogP contribution < -0.4 is 14.4 Å². The molecule has 1 N–H and O–H groups in total. The molecule has 2 aromatic rings. The van der Waals surface area contributed by atoms with Crippen LogP contribution in [0.5, 0.6) is 5.75 Å². The minimum Gasteiger partial charge on any atom is -0.495 e. The largest absolute Gasteiger partial charge is 0.495 e. The van der Waals surface area contributed by atoms with E-state index in [1.807, 2.05) is 30.3 Å². The highest BCUT2D eigenvalue weighted by Gasteiger charge is 2.33. The minimum atomic E-state index is -3.85. The van der Waals surface area contributed by atoms with Crippen molar-refractivity contribution in [2.24, 2.45) is 0 Å². The van der Waals surface area contributed by atoms with Gasteiger partial charge in [-0.25, -0.2) is 18.0 Å². The van der Waals surface area contributed by atoms with Gasteiger partial charge in [0, 0.05) is 19.4 Å². The SMILES string of the molecule is COc1ccc(S(=O)(=O)NCCOCc2ccccc2)cc1N1C(=O)CCC1=O. The summed E-state index contributed by atoms with van der Waals surface area (Å²) in [6, 6.07) is 13.6. The summed E-state index contributed by atoms with van der Waals surface area (Å²) in [5.74, 6) is -0.519. The molecule has 1 aliphatic rings. The van der Waals surface area contributed by atoms with Gasteiger partial charge in [0.2, 0.25) is 21.8 Å². The molecule has 29 heavy (non-hydrogen) atoms. The smallest absolute Gasteiger partial charge is 0.240 e. The zero-order valence-corrected chi connectivity index (χ0v) is 16.8. The number of carbonyl (C=O) groups is 2. The van der Waals surface area contributed by atoms with Gasteiger partial charge in [0.05, 0.1) is 30.9 Å². The molecule has 154 valence electrons. The fourth-order valence-electron chi connectivity index (χ4n) is 2.95. The van der Waals surface area contributed by atoms with Crippen molar-refractivity contribution in [2.75, 3.05) is 25.2 Å². The highest BCUT2D eigenvalue weighted by atomic mass is 32.2. The number of amides is 2. The number of anilines is 1. The zero-order valence-electron chi connectivity index (χ0n) is 16.0. The number of hydrogen-bond donors (Lipinski definition) is 1. The molecule has 1 aliphatic heterocycles. The quantitative estimate of drug-likeness (QED) is 0.493. The van der Waals surface area contributed by atoms with Crippen molar-refractivity contribution in [1.82, 2.24) is 4.72 Å². The number of ether oxygens (including phenoxy) is 2. The predicted molar refractivity (Wildman–Crippen MR) is 106 cm³/mol. The molecule has 0 bridgehead atoms. The second kappa shape index (κ2) is 9.17. The van der Waals surface area contributed by atoms with E-state index in [1.165, 1.54) is 25.3 Å². The predicted octanol–water partition coefficient (Wildman–Crippen LogP) is 1.84. The maximum absolute atomic E-state index is 12.6. The maximum Gasteiger partial charge on any atom is 0.240 e. The Kier molecular flexibility index (Phi) is 6.63.